The molecular formula is C17H21ClN4O. The Labute approximate surface area is 141 Å². The summed E-state index contributed by atoms with van der Waals surface area (Å²) in [6.45, 7) is 2.90. The lowest BCUT2D eigenvalue weighted by atomic mass is 10.2. The minimum absolute atomic E-state index is 0.0687. The fraction of sp³-hybridized carbons (Fsp3) is 0.412. The van der Waals surface area contributed by atoms with Crippen LogP contribution in [-0.2, 0) is 11.3 Å². The Balaban J connectivity index is 1.70. The molecule has 1 fully saturated rings. The number of nitrogens with zero attached hydrogens (tertiary/aromatic N) is 3. The van der Waals surface area contributed by atoms with Crippen LogP contribution in [0.1, 0.15) is 24.1 Å². The minimum atomic E-state index is 0.0687. The second-order valence-electron chi connectivity index (χ2n) is 6.12. The first-order chi connectivity index (χ1) is 11.0. The predicted molar refractivity (Wildman–Crippen MR) is 90.8 cm³/mol. The van der Waals surface area contributed by atoms with Gasteiger partial charge < -0.3 is 5.32 Å². The number of aromatic nitrogens is 2. The van der Waals surface area contributed by atoms with E-state index < -0.39 is 0 Å². The molecule has 1 aliphatic rings. The molecule has 6 heteroatoms. The maximum Gasteiger partial charge on any atom is 0.234 e. The number of benzene rings is 1. The van der Waals surface area contributed by atoms with E-state index in [-0.39, 0.29) is 5.91 Å². The van der Waals surface area contributed by atoms with Gasteiger partial charge in [-0.05, 0) is 38.9 Å². The molecule has 0 radical (unpaired) electrons. The summed E-state index contributed by atoms with van der Waals surface area (Å²) in [4.78, 5) is 13.8. The lowest BCUT2D eigenvalue weighted by Gasteiger charge is -2.16. The summed E-state index contributed by atoms with van der Waals surface area (Å²) >= 11 is 6.51. The van der Waals surface area contributed by atoms with Gasteiger partial charge in [0.25, 0.3) is 0 Å². The minimum Gasteiger partial charge on any atom is -0.352 e. The van der Waals surface area contributed by atoms with Crippen LogP contribution in [-0.4, -0.2) is 40.2 Å². The summed E-state index contributed by atoms with van der Waals surface area (Å²) in [5.74, 6) is 0.0687. The van der Waals surface area contributed by atoms with Crippen LogP contribution in [0.5, 0.6) is 0 Å². The van der Waals surface area contributed by atoms with Gasteiger partial charge in [0.05, 0.1) is 17.9 Å². The number of carbonyl (C=O) groups is 1. The Morgan fingerprint density at radius 1 is 1.39 bits per heavy atom. The number of hydrogen-bond donors (Lipinski definition) is 1. The van der Waals surface area contributed by atoms with Crippen LogP contribution >= 0.6 is 11.6 Å². The second-order valence-corrected chi connectivity index (χ2v) is 6.47. The van der Waals surface area contributed by atoms with E-state index in [9.17, 15) is 4.79 Å². The molecule has 1 amide bonds. The second kappa shape index (κ2) is 6.72. The SMILES string of the molecule is Cc1nn(-c2ccccc2)c(Cl)c1CN(C)CC(=O)NC1CC1. The normalized spacial score (nSPS) is 14.3. The van der Waals surface area contributed by atoms with Crippen molar-refractivity contribution in [2.45, 2.75) is 32.4 Å². The van der Waals surface area contributed by atoms with Gasteiger partial charge in [0.15, 0.2) is 0 Å². The van der Waals surface area contributed by atoms with Gasteiger partial charge in [0.2, 0.25) is 5.91 Å². The van der Waals surface area contributed by atoms with Crippen molar-refractivity contribution in [3.63, 3.8) is 0 Å². The van der Waals surface area contributed by atoms with Gasteiger partial charge in [0, 0.05) is 18.2 Å². The molecule has 1 aromatic heterocycles. The lowest BCUT2D eigenvalue weighted by molar-refractivity contribution is -0.122. The number of likely N-dealkylation sites (N-methyl/N-ethyl adjacent to an activating group) is 1. The lowest BCUT2D eigenvalue weighted by Crippen LogP contribution is -2.36. The Bertz CT molecular complexity index is 694. The molecule has 122 valence electrons. The van der Waals surface area contributed by atoms with Crippen molar-refractivity contribution in [1.29, 1.82) is 0 Å². The van der Waals surface area contributed by atoms with Crippen molar-refractivity contribution in [1.82, 2.24) is 20.0 Å². The Morgan fingerprint density at radius 2 is 2.09 bits per heavy atom. The highest BCUT2D eigenvalue weighted by molar-refractivity contribution is 6.30. The summed E-state index contributed by atoms with van der Waals surface area (Å²) in [6, 6.07) is 10.2. The monoisotopic (exact) mass is 332 g/mol. The van der Waals surface area contributed by atoms with E-state index in [1.807, 2.05) is 49.2 Å². The molecule has 0 atom stereocenters. The van der Waals surface area contributed by atoms with Crippen molar-refractivity contribution < 1.29 is 4.79 Å². The zero-order valence-corrected chi connectivity index (χ0v) is 14.2. The van der Waals surface area contributed by atoms with E-state index in [0.717, 1.165) is 29.8 Å². The third-order valence-electron chi connectivity index (χ3n) is 3.91. The van der Waals surface area contributed by atoms with Crippen LogP contribution in [0.3, 0.4) is 0 Å². The molecule has 2 aromatic rings. The van der Waals surface area contributed by atoms with E-state index in [0.29, 0.717) is 24.3 Å². The van der Waals surface area contributed by atoms with Crippen LogP contribution in [0.25, 0.3) is 5.69 Å². The molecule has 1 saturated carbocycles. The quantitative estimate of drug-likeness (QED) is 0.884. The first-order valence-electron chi connectivity index (χ1n) is 7.82. The molecule has 3 rings (SSSR count). The smallest absolute Gasteiger partial charge is 0.234 e. The molecule has 0 aliphatic heterocycles. The van der Waals surface area contributed by atoms with Crippen molar-refractivity contribution >= 4 is 17.5 Å². The average molecular weight is 333 g/mol. The van der Waals surface area contributed by atoms with Gasteiger partial charge in [-0.15, -0.1) is 0 Å². The summed E-state index contributed by atoms with van der Waals surface area (Å²) in [5.41, 5.74) is 2.77. The number of amides is 1. The van der Waals surface area contributed by atoms with Gasteiger partial charge >= 0.3 is 0 Å². The standard InChI is InChI=1S/C17H21ClN4O/c1-12-15(10-21(2)11-16(23)19-13-8-9-13)17(18)22(20-12)14-6-4-3-5-7-14/h3-7,13H,8-11H2,1-2H3,(H,19,23). The fourth-order valence-corrected chi connectivity index (χ4v) is 2.86. The summed E-state index contributed by atoms with van der Waals surface area (Å²) in [6.07, 6.45) is 2.20. The van der Waals surface area contributed by atoms with Gasteiger partial charge in [-0.2, -0.15) is 5.10 Å². The van der Waals surface area contributed by atoms with E-state index in [1.165, 1.54) is 0 Å². The van der Waals surface area contributed by atoms with Crippen molar-refractivity contribution in [3.05, 3.63) is 46.7 Å². The van der Waals surface area contributed by atoms with E-state index in [2.05, 4.69) is 10.4 Å². The molecule has 0 unspecified atom stereocenters. The molecule has 1 aromatic carbocycles. The zero-order chi connectivity index (χ0) is 16.4. The van der Waals surface area contributed by atoms with E-state index in [4.69, 9.17) is 11.6 Å². The third-order valence-corrected chi connectivity index (χ3v) is 4.29. The van der Waals surface area contributed by atoms with Crippen molar-refractivity contribution in [2.24, 2.45) is 0 Å². The summed E-state index contributed by atoms with van der Waals surface area (Å²) in [7, 11) is 1.92. The molecule has 0 bridgehead atoms. The first-order valence-corrected chi connectivity index (χ1v) is 8.19. The van der Waals surface area contributed by atoms with Gasteiger partial charge in [-0.3, -0.25) is 9.69 Å². The van der Waals surface area contributed by atoms with Gasteiger partial charge in [-0.25, -0.2) is 4.68 Å². The maximum absolute atomic E-state index is 11.9. The van der Waals surface area contributed by atoms with Crippen LogP contribution in [0.4, 0.5) is 0 Å². The molecule has 5 nitrogen and oxygen atoms in total. The Kier molecular flexibility index (Phi) is 4.68. The molecule has 23 heavy (non-hydrogen) atoms. The predicted octanol–water partition coefficient (Wildman–Crippen LogP) is 2.54. The molecule has 1 aliphatic carbocycles. The number of aryl methyl sites for hydroxylation is 1. The third kappa shape index (κ3) is 3.92. The summed E-state index contributed by atoms with van der Waals surface area (Å²) < 4.78 is 1.74. The van der Waals surface area contributed by atoms with Crippen LogP contribution in [0, 0.1) is 6.92 Å². The van der Waals surface area contributed by atoms with E-state index in [1.54, 1.807) is 4.68 Å². The number of halogens is 1. The van der Waals surface area contributed by atoms with Crippen molar-refractivity contribution in [3.8, 4) is 5.69 Å². The van der Waals surface area contributed by atoms with Crippen LogP contribution in [0.15, 0.2) is 30.3 Å². The highest BCUT2D eigenvalue weighted by atomic mass is 35.5. The van der Waals surface area contributed by atoms with Gasteiger partial charge in [0.1, 0.15) is 5.15 Å². The van der Waals surface area contributed by atoms with Crippen molar-refractivity contribution in [2.75, 3.05) is 13.6 Å². The topological polar surface area (TPSA) is 50.2 Å². The highest BCUT2D eigenvalue weighted by Gasteiger charge is 2.24. The summed E-state index contributed by atoms with van der Waals surface area (Å²) in [5, 5.41) is 8.13. The van der Waals surface area contributed by atoms with Crippen LogP contribution < -0.4 is 5.32 Å². The Morgan fingerprint density at radius 3 is 2.74 bits per heavy atom. The fourth-order valence-electron chi connectivity index (χ4n) is 2.52. The highest BCUT2D eigenvalue weighted by Crippen LogP contribution is 2.24. The number of nitrogens with one attached hydrogen (secondary N) is 1. The largest absolute Gasteiger partial charge is 0.352 e. The average Bonchev–Trinajstić information content (AvgIpc) is 3.29. The number of rotatable bonds is 6. The Hall–Kier alpha value is -1.85. The molecule has 1 heterocycles. The van der Waals surface area contributed by atoms with Crippen LogP contribution in [0.2, 0.25) is 5.15 Å². The number of carbonyl (C=O) groups excluding carboxylic acids is 1. The number of para-hydroxylation sites is 1. The molecule has 0 saturated heterocycles. The zero-order valence-electron chi connectivity index (χ0n) is 13.4. The molecule has 1 N–H and O–H groups in total. The van der Waals surface area contributed by atoms with E-state index >= 15 is 0 Å². The molecule has 0 spiro atoms. The van der Waals surface area contributed by atoms with Gasteiger partial charge in [-0.1, -0.05) is 29.8 Å². The number of hydrogen-bond acceptors (Lipinski definition) is 3. The molecular weight excluding hydrogens is 312 g/mol. The first kappa shape index (κ1) is 16.0. The maximum atomic E-state index is 11.9.